The van der Waals surface area contributed by atoms with Gasteiger partial charge in [-0.05, 0) is 66.9 Å². The number of nitro groups is 1. The molecule has 0 radical (unpaired) electrons. The molecule has 0 saturated carbocycles. The molecule has 1 amide bonds. The third-order valence-electron chi connectivity index (χ3n) is 7.49. The fourth-order valence-electron chi connectivity index (χ4n) is 5.24. The fraction of sp³-hybridized carbons (Fsp3) is 0.235. The van der Waals surface area contributed by atoms with E-state index in [2.05, 4.69) is 78.1 Å². The Kier molecular flexibility index (Phi) is 12.5. The van der Waals surface area contributed by atoms with Gasteiger partial charge in [-0.2, -0.15) is 0 Å². The van der Waals surface area contributed by atoms with Crippen LogP contribution in [0.5, 0.6) is 0 Å². The van der Waals surface area contributed by atoms with E-state index in [4.69, 9.17) is 27.9 Å². The lowest BCUT2D eigenvalue weighted by Gasteiger charge is -2.27. The molecule has 0 heterocycles. The van der Waals surface area contributed by atoms with Gasteiger partial charge >= 0.3 is 5.97 Å². The quantitative estimate of drug-likeness (QED) is 0.0424. The molecule has 0 aliphatic heterocycles. The van der Waals surface area contributed by atoms with Gasteiger partial charge in [0, 0.05) is 18.6 Å². The van der Waals surface area contributed by atoms with Crippen molar-refractivity contribution in [2.75, 3.05) is 12.8 Å². The Labute approximate surface area is 272 Å². The molecule has 0 saturated heterocycles. The predicted octanol–water partition coefficient (Wildman–Crippen LogP) is 5.62. The van der Waals surface area contributed by atoms with Crippen LogP contribution in [0.25, 0.3) is 0 Å². The van der Waals surface area contributed by atoms with Crippen molar-refractivity contribution in [1.29, 1.82) is 0 Å². The Bertz CT molecular complexity index is 1450. The average molecular weight is 669 g/mol. The average Bonchev–Trinajstić information content (AvgIpc) is 3.07. The normalized spacial score (nSPS) is 12.7. The van der Waals surface area contributed by atoms with E-state index in [9.17, 15) is 24.8 Å². The molecule has 0 spiro atoms. The van der Waals surface area contributed by atoms with Crippen LogP contribution in [0.1, 0.15) is 30.9 Å². The van der Waals surface area contributed by atoms with E-state index in [-0.39, 0.29) is 24.3 Å². The fourth-order valence-corrected chi connectivity index (χ4v) is 9.77. The van der Waals surface area contributed by atoms with Crippen LogP contribution < -0.4 is 21.2 Å². The van der Waals surface area contributed by atoms with Crippen LogP contribution in [0.2, 0.25) is 0 Å². The van der Waals surface area contributed by atoms with Gasteiger partial charge in [-0.1, -0.05) is 77.8 Å². The first-order valence-electron chi connectivity index (χ1n) is 14.4. The second-order valence-electron chi connectivity index (χ2n) is 10.4. The van der Waals surface area contributed by atoms with Gasteiger partial charge in [-0.15, -0.1) is 0 Å². The first-order chi connectivity index (χ1) is 21.7. The maximum atomic E-state index is 12.8. The van der Waals surface area contributed by atoms with Crippen molar-refractivity contribution in [2.45, 2.75) is 36.2 Å². The highest BCUT2D eigenvalue weighted by molar-refractivity contribution is 7.95. The Morgan fingerprint density at radius 3 is 1.73 bits per heavy atom. The minimum Gasteiger partial charge on any atom is -0.463 e. The topological polar surface area (TPSA) is 119 Å². The van der Waals surface area contributed by atoms with Crippen LogP contribution in [0.3, 0.4) is 0 Å². The van der Waals surface area contributed by atoms with Crippen LogP contribution in [0, 0.1) is 10.1 Å². The lowest BCUT2D eigenvalue weighted by Crippen LogP contribution is -2.45. The maximum Gasteiger partial charge on any atom is 0.305 e. The number of benzene rings is 4. The Balaban J connectivity index is 1.44. The number of esters is 1. The summed E-state index contributed by atoms with van der Waals surface area (Å²) in [5.74, 6) is -1.26. The molecular formula is C34H34Cl2N2O6P+. The largest absolute Gasteiger partial charge is 0.463 e. The number of carbonyl (C=O) groups is 2. The zero-order chi connectivity index (χ0) is 32.2. The van der Waals surface area contributed by atoms with Gasteiger partial charge in [-0.3, -0.25) is 19.7 Å². The number of hydrogen-bond donors (Lipinski definition) is 2. The van der Waals surface area contributed by atoms with E-state index in [0.29, 0.717) is 6.42 Å². The summed E-state index contributed by atoms with van der Waals surface area (Å²) in [4.78, 5) is 34.1. The molecule has 2 N–H and O–H groups in total. The highest BCUT2D eigenvalue weighted by Gasteiger charge is 2.44. The number of aliphatic hydroxyl groups is 1. The molecule has 2 atom stereocenters. The molecule has 4 rings (SSSR count). The maximum absolute atomic E-state index is 12.8. The highest BCUT2D eigenvalue weighted by Crippen LogP contribution is 2.56. The number of nitrogens with zero attached hydrogens (tertiary/aromatic N) is 1. The van der Waals surface area contributed by atoms with Crippen LogP contribution >= 0.6 is 30.5 Å². The number of non-ortho nitro benzene ring substituents is 1. The van der Waals surface area contributed by atoms with Crippen molar-refractivity contribution >= 4 is 63.9 Å². The molecule has 11 heteroatoms. The van der Waals surface area contributed by atoms with E-state index in [0.717, 1.165) is 12.6 Å². The lowest BCUT2D eigenvalue weighted by molar-refractivity contribution is -0.384. The molecule has 0 bridgehead atoms. The Morgan fingerprint density at radius 2 is 1.29 bits per heavy atom. The molecule has 8 nitrogen and oxygen atoms in total. The van der Waals surface area contributed by atoms with Crippen molar-refractivity contribution in [1.82, 2.24) is 5.32 Å². The van der Waals surface area contributed by atoms with Crippen molar-refractivity contribution in [2.24, 2.45) is 0 Å². The smallest absolute Gasteiger partial charge is 0.305 e. The first kappa shape index (κ1) is 34.1. The minimum absolute atomic E-state index is 0.139. The number of alkyl halides is 2. The van der Waals surface area contributed by atoms with Gasteiger partial charge in [-0.25, -0.2) is 0 Å². The summed E-state index contributed by atoms with van der Waals surface area (Å²) < 4.78 is 5.48. The third kappa shape index (κ3) is 8.89. The number of nitrogens with one attached hydrogen (secondary N) is 1. The monoisotopic (exact) mass is 667 g/mol. The summed E-state index contributed by atoms with van der Waals surface area (Å²) in [5.41, 5.74) is 0.128. The molecule has 0 unspecified atom stereocenters. The summed E-state index contributed by atoms with van der Waals surface area (Å²) in [6, 6.07) is 35.6. The van der Waals surface area contributed by atoms with Gasteiger partial charge in [0.25, 0.3) is 11.6 Å². The third-order valence-corrected chi connectivity index (χ3v) is 12.4. The SMILES string of the molecule is O=C(CCCC[P+](c1ccccc1)(c1ccccc1)c1ccccc1)OC[C@H](NC(=O)C(Cl)Cl)[C@H](O)c1ccc([N+](=O)[O-])cc1. The summed E-state index contributed by atoms with van der Waals surface area (Å²) in [6.07, 6.45) is 0.971. The summed E-state index contributed by atoms with van der Waals surface area (Å²) in [7, 11) is -2.03. The molecule has 4 aromatic rings. The van der Waals surface area contributed by atoms with Crippen LogP contribution in [0.15, 0.2) is 115 Å². The number of ether oxygens (including phenoxy) is 1. The molecule has 0 aromatic heterocycles. The van der Waals surface area contributed by atoms with Gasteiger partial charge in [0.05, 0.1) is 17.1 Å². The zero-order valence-electron chi connectivity index (χ0n) is 24.4. The van der Waals surface area contributed by atoms with Crippen molar-refractivity contribution in [3.63, 3.8) is 0 Å². The van der Waals surface area contributed by atoms with Gasteiger partial charge < -0.3 is 15.2 Å². The lowest BCUT2D eigenvalue weighted by atomic mass is 10.0. The second kappa shape index (κ2) is 16.5. The Hall–Kier alpha value is -3.81. The minimum atomic E-state index is -2.03. The van der Waals surface area contributed by atoms with E-state index in [1.54, 1.807) is 0 Å². The summed E-state index contributed by atoms with van der Waals surface area (Å²) in [5, 5.41) is 28.2. The molecule has 45 heavy (non-hydrogen) atoms. The highest BCUT2D eigenvalue weighted by atomic mass is 35.5. The number of hydrogen-bond acceptors (Lipinski definition) is 6. The second-order valence-corrected chi connectivity index (χ2v) is 15.1. The number of aliphatic hydroxyl groups excluding tert-OH is 1. The molecule has 0 aliphatic carbocycles. The summed E-state index contributed by atoms with van der Waals surface area (Å²) in [6.45, 7) is -0.349. The number of nitro benzene ring substituents is 1. The molecule has 0 fully saturated rings. The van der Waals surface area contributed by atoms with Gasteiger partial charge in [0.2, 0.25) is 0 Å². The number of carbonyl (C=O) groups excluding carboxylic acids is 2. The van der Waals surface area contributed by atoms with Crippen LogP contribution in [-0.2, 0) is 14.3 Å². The van der Waals surface area contributed by atoms with Crippen molar-refractivity contribution in [3.05, 3.63) is 131 Å². The molecule has 0 aliphatic rings. The van der Waals surface area contributed by atoms with Crippen molar-refractivity contribution < 1.29 is 24.4 Å². The van der Waals surface area contributed by atoms with Gasteiger partial charge in [0.1, 0.15) is 35.9 Å². The number of rotatable bonds is 15. The predicted molar refractivity (Wildman–Crippen MR) is 180 cm³/mol. The summed E-state index contributed by atoms with van der Waals surface area (Å²) >= 11 is 11.4. The molecule has 4 aromatic carbocycles. The van der Waals surface area contributed by atoms with E-state index in [1.165, 1.54) is 40.2 Å². The number of amides is 1. The van der Waals surface area contributed by atoms with Crippen molar-refractivity contribution in [3.8, 4) is 0 Å². The van der Waals surface area contributed by atoms with Crippen LogP contribution in [-0.4, -0.2) is 45.6 Å². The Morgan fingerprint density at radius 1 is 0.800 bits per heavy atom. The van der Waals surface area contributed by atoms with E-state index < -0.39 is 41.0 Å². The molecule has 234 valence electrons. The standard InChI is InChI=1S/C34H33Cl2N2O6P/c35-33(36)34(41)37-30(32(40)25-19-21-26(22-20-25)38(42)43)24-44-31(39)18-10-11-23-45(27-12-4-1-5-13-27,28-14-6-2-7-15-28)29-16-8-3-9-17-29/h1-9,12-17,19-22,30,32-33,40H,10-11,18,23-24H2/p+1/t30-,32+/m0/s1. The van der Waals surface area contributed by atoms with E-state index in [1.807, 2.05) is 18.2 Å². The molecular weight excluding hydrogens is 634 g/mol. The zero-order valence-corrected chi connectivity index (χ0v) is 26.8. The number of halogens is 2. The van der Waals surface area contributed by atoms with Gasteiger partial charge in [0.15, 0.2) is 4.84 Å². The first-order valence-corrected chi connectivity index (χ1v) is 17.3. The van der Waals surface area contributed by atoms with E-state index >= 15 is 0 Å². The van der Waals surface area contributed by atoms with Crippen LogP contribution in [0.4, 0.5) is 5.69 Å². The number of unbranched alkanes of at least 4 members (excludes halogenated alkanes) is 1.